The predicted molar refractivity (Wildman–Crippen MR) is 111 cm³/mol. The van der Waals surface area contributed by atoms with Crippen LogP contribution in [0.5, 0.6) is 5.75 Å². The van der Waals surface area contributed by atoms with Crippen LogP contribution in [0.1, 0.15) is 33.8 Å². The van der Waals surface area contributed by atoms with Crippen LogP contribution in [-0.4, -0.2) is 30.5 Å². The number of aromatic nitrogens is 1. The third-order valence-electron chi connectivity index (χ3n) is 4.93. The van der Waals surface area contributed by atoms with Crippen LogP contribution in [0.4, 0.5) is 10.8 Å². The zero-order valence-corrected chi connectivity index (χ0v) is 17.0. The van der Waals surface area contributed by atoms with Crippen LogP contribution in [0, 0.1) is 6.92 Å². The van der Waals surface area contributed by atoms with E-state index in [0.717, 1.165) is 29.7 Å². The number of ether oxygens (including phenoxy) is 1. The molecule has 3 heterocycles. The van der Waals surface area contributed by atoms with Gasteiger partial charge in [0.2, 0.25) is 5.91 Å². The van der Waals surface area contributed by atoms with Crippen molar-refractivity contribution in [2.75, 3.05) is 23.9 Å². The van der Waals surface area contributed by atoms with Gasteiger partial charge in [0.15, 0.2) is 10.9 Å². The van der Waals surface area contributed by atoms with Crippen molar-refractivity contribution in [3.8, 4) is 5.75 Å². The number of thiazole rings is 1. The van der Waals surface area contributed by atoms with Crippen LogP contribution >= 0.6 is 11.3 Å². The van der Waals surface area contributed by atoms with Gasteiger partial charge in [0, 0.05) is 11.9 Å². The molecule has 0 bridgehead atoms. The Balaban J connectivity index is 1.49. The van der Waals surface area contributed by atoms with Gasteiger partial charge in [-0.2, -0.15) is 0 Å². The molecular weight excluding hydrogens is 390 g/mol. The van der Waals surface area contributed by atoms with Gasteiger partial charge < -0.3 is 14.1 Å². The van der Waals surface area contributed by atoms with Gasteiger partial charge in [0.25, 0.3) is 5.91 Å². The maximum absolute atomic E-state index is 13.1. The molecule has 0 radical (unpaired) electrons. The highest BCUT2D eigenvalue weighted by atomic mass is 32.1. The molecule has 0 atom stereocenters. The standard InChI is InChI=1S/C21H21N3O4S/c1-13-7-8-16(27-2)19-15(13)5-3-9-24(19)18(25)11-14-12-29-21(22-14)23-20(26)17-6-4-10-28-17/h4,6-8,10,12H,3,5,9,11H2,1-2H3,(H,22,23,26). The molecule has 1 aliphatic heterocycles. The number of rotatable bonds is 5. The van der Waals surface area contributed by atoms with Gasteiger partial charge >= 0.3 is 0 Å². The van der Waals surface area contributed by atoms with Gasteiger partial charge in [-0.15, -0.1) is 11.3 Å². The summed E-state index contributed by atoms with van der Waals surface area (Å²) < 4.78 is 10.6. The number of hydrogen-bond donors (Lipinski definition) is 1. The van der Waals surface area contributed by atoms with Crippen molar-refractivity contribution in [1.29, 1.82) is 0 Å². The summed E-state index contributed by atoms with van der Waals surface area (Å²) in [5.41, 5.74) is 3.81. The van der Waals surface area contributed by atoms with Crippen molar-refractivity contribution in [3.63, 3.8) is 0 Å². The van der Waals surface area contributed by atoms with Gasteiger partial charge in [0.05, 0.1) is 31.2 Å². The molecular formula is C21H21N3O4S. The lowest BCUT2D eigenvalue weighted by molar-refractivity contribution is -0.118. The van der Waals surface area contributed by atoms with Crippen LogP contribution in [-0.2, 0) is 17.6 Å². The number of nitrogens with zero attached hydrogens (tertiary/aromatic N) is 2. The number of aryl methyl sites for hydroxylation is 1. The van der Waals surface area contributed by atoms with Crippen LogP contribution < -0.4 is 15.0 Å². The maximum Gasteiger partial charge on any atom is 0.293 e. The lowest BCUT2D eigenvalue weighted by Gasteiger charge is -2.32. The fraction of sp³-hybridized carbons (Fsp3) is 0.286. The Morgan fingerprint density at radius 1 is 1.34 bits per heavy atom. The van der Waals surface area contributed by atoms with Crippen molar-refractivity contribution in [3.05, 3.63) is 58.5 Å². The van der Waals surface area contributed by atoms with Crippen LogP contribution in [0.15, 0.2) is 40.3 Å². The summed E-state index contributed by atoms with van der Waals surface area (Å²) in [6, 6.07) is 7.16. The number of furan rings is 1. The van der Waals surface area contributed by atoms with Crippen molar-refractivity contribution >= 4 is 34.0 Å². The highest BCUT2D eigenvalue weighted by Crippen LogP contribution is 2.38. The fourth-order valence-corrected chi connectivity index (χ4v) is 4.23. The van der Waals surface area contributed by atoms with Gasteiger partial charge in [-0.05, 0) is 49.1 Å². The number of benzene rings is 1. The largest absolute Gasteiger partial charge is 0.495 e. The van der Waals surface area contributed by atoms with E-state index < -0.39 is 0 Å². The third-order valence-corrected chi connectivity index (χ3v) is 5.74. The number of methoxy groups -OCH3 is 1. The van der Waals surface area contributed by atoms with E-state index in [1.165, 1.54) is 17.6 Å². The summed E-state index contributed by atoms with van der Waals surface area (Å²) in [6.45, 7) is 2.71. The summed E-state index contributed by atoms with van der Waals surface area (Å²) >= 11 is 1.28. The minimum Gasteiger partial charge on any atom is -0.495 e. The normalized spacial score (nSPS) is 13.1. The van der Waals surface area contributed by atoms with Crippen LogP contribution in [0.25, 0.3) is 0 Å². The second kappa shape index (κ2) is 8.08. The van der Waals surface area contributed by atoms with Crippen LogP contribution in [0.2, 0.25) is 0 Å². The highest BCUT2D eigenvalue weighted by Gasteiger charge is 2.27. The zero-order chi connectivity index (χ0) is 20.4. The molecule has 0 unspecified atom stereocenters. The van der Waals surface area contributed by atoms with E-state index in [9.17, 15) is 9.59 Å². The maximum atomic E-state index is 13.1. The molecule has 2 aromatic heterocycles. The smallest absolute Gasteiger partial charge is 0.293 e. The Kier molecular flexibility index (Phi) is 5.35. The van der Waals surface area contributed by atoms with Crippen molar-refractivity contribution in [2.24, 2.45) is 0 Å². The van der Waals surface area contributed by atoms with E-state index in [4.69, 9.17) is 9.15 Å². The summed E-state index contributed by atoms with van der Waals surface area (Å²) in [4.78, 5) is 31.3. The lowest BCUT2D eigenvalue weighted by atomic mass is 9.96. The molecule has 1 aromatic carbocycles. The Hall–Kier alpha value is -3.13. The van der Waals surface area contributed by atoms with E-state index >= 15 is 0 Å². The number of fused-ring (bicyclic) bond motifs is 1. The highest BCUT2D eigenvalue weighted by molar-refractivity contribution is 7.14. The third kappa shape index (κ3) is 3.88. The van der Waals surface area contributed by atoms with E-state index in [-0.39, 0.29) is 24.0 Å². The molecule has 29 heavy (non-hydrogen) atoms. The number of amides is 2. The fourth-order valence-electron chi connectivity index (χ4n) is 3.53. The first-order chi connectivity index (χ1) is 14.1. The van der Waals surface area contributed by atoms with E-state index in [2.05, 4.69) is 17.2 Å². The first-order valence-corrected chi connectivity index (χ1v) is 10.2. The minimum atomic E-state index is -0.368. The van der Waals surface area contributed by atoms with Gasteiger partial charge in [0.1, 0.15) is 5.75 Å². The van der Waals surface area contributed by atoms with Crippen LogP contribution in [0.3, 0.4) is 0 Å². The Morgan fingerprint density at radius 2 is 2.21 bits per heavy atom. The molecule has 0 spiro atoms. The molecule has 0 aliphatic carbocycles. The second-order valence-corrected chi connectivity index (χ2v) is 7.67. The molecule has 1 N–H and O–H groups in total. The molecule has 1 aliphatic rings. The second-order valence-electron chi connectivity index (χ2n) is 6.81. The Labute approximate surface area is 172 Å². The molecule has 150 valence electrons. The first-order valence-electron chi connectivity index (χ1n) is 9.33. The molecule has 3 aromatic rings. The van der Waals surface area contributed by atoms with Gasteiger partial charge in [-0.25, -0.2) is 4.98 Å². The number of anilines is 2. The SMILES string of the molecule is COc1ccc(C)c2c1N(C(=O)Cc1csc(NC(=O)c3ccco3)n1)CCC2. The first kappa shape index (κ1) is 19.2. The molecule has 4 rings (SSSR count). The quantitative estimate of drug-likeness (QED) is 0.690. The number of carbonyl (C=O) groups is 2. The number of hydrogen-bond acceptors (Lipinski definition) is 6. The molecule has 7 nitrogen and oxygen atoms in total. The van der Waals surface area contributed by atoms with Crippen molar-refractivity contribution < 1.29 is 18.7 Å². The van der Waals surface area contributed by atoms with Crippen molar-refractivity contribution in [2.45, 2.75) is 26.2 Å². The van der Waals surface area contributed by atoms with E-state index in [1.54, 1.807) is 29.5 Å². The Bertz CT molecular complexity index is 1040. The molecule has 2 amide bonds. The average Bonchev–Trinajstić information content (AvgIpc) is 3.40. The predicted octanol–water partition coefficient (Wildman–Crippen LogP) is 3.83. The molecule has 0 fully saturated rings. The number of carbonyl (C=O) groups excluding carboxylic acids is 2. The van der Waals surface area contributed by atoms with E-state index in [1.807, 2.05) is 12.1 Å². The molecule has 0 saturated heterocycles. The van der Waals surface area contributed by atoms with Gasteiger partial charge in [-0.3, -0.25) is 14.9 Å². The van der Waals surface area contributed by atoms with Gasteiger partial charge in [-0.1, -0.05) is 6.07 Å². The topological polar surface area (TPSA) is 84.7 Å². The minimum absolute atomic E-state index is 0.0379. The Morgan fingerprint density at radius 3 is 2.97 bits per heavy atom. The van der Waals surface area contributed by atoms with Crippen molar-refractivity contribution in [1.82, 2.24) is 4.98 Å². The molecule has 8 heteroatoms. The zero-order valence-electron chi connectivity index (χ0n) is 16.2. The number of nitrogens with one attached hydrogen (secondary N) is 1. The lowest BCUT2D eigenvalue weighted by Crippen LogP contribution is -2.37. The summed E-state index contributed by atoms with van der Waals surface area (Å²) in [6.07, 6.45) is 3.44. The summed E-state index contributed by atoms with van der Waals surface area (Å²) in [5, 5.41) is 4.91. The van der Waals surface area contributed by atoms with E-state index in [0.29, 0.717) is 23.1 Å². The summed E-state index contributed by atoms with van der Waals surface area (Å²) in [7, 11) is 1.62. The summed E-state index contributed by atoms with van der Waals surface area (Å²) in [5.74, 6) is 0.519. The monoisotopic (exact) mass is 411 g/mol. The average molecular weight is 411 g/mol. The molecule has 0 saturated carbocycles.